The van der Waals surface area contributed by atoms with E-state index in [4.69, 9.17) is 0 Å². The normalized spacial score (nSPS) is 22.1. The highest BCUT2D eigenvalue weighted by Crippen LogP contribution is 2.16. The highest BCUT2D eigenvalue weighted by molar-refractivity contribution is 4.76. The van der Waals surface area contributed by atoms with Crippen LogP contribution in [-0.2, 0) is 0 Å². The zero-order valence-electron chi connectivity index (χ0n) is 11.5. The molecule has 96 valence electrons. The molecule has 0 saturated carbocycles. The van der Waals surface area contributed by atoms with E-state index in [1.165, 1.54) is 58.2 Å². The van der Waals surface area contributed by atoms with E-state index in [1.807, 2.05) is 0 Å². The lowest BCUT2D eigenvalue weighted by atomic mass is 10.1. The third kappa shape index (κ3) is 5.86. The molecule has 1 N–H and O–H groups in total. The Morgan fingerprint density at radius 1 is 1.25 bits per heavy atom. The predicted octanol–water partition coefficient (Wildman–Crippen LogP) is 2.89. The first-order valence-corrected chi connectivity index (χ1v) is 7.11. The molecule has 0 radical (unpaired) electrons. The highest BCUT2D eigenvalue weighted by atomic mass is 15.1. The number of rotatable bonds is 8. The van der Waals surface area contributed by atoms with E-state index in [0.717, 1.165) is 12.0 Å². The quantitative estimate of drug-likeness (QED) is 0.640. The van der Waals surface area contributed by atoms with Gasteiger partial charge in [0.25, 0.3) is 0 Å². The van der Waals surface area contributed by atoms with Crippen LogP contribution in [0.15, 0.2) is 0 Å². The molecule has 2 nitrogen and oxygen atoms in total. The fraction of sp³-hybridized carbons (Fsp3) is 1.00. The lowest BCUT2D eigenvalue weighted by molar-refractivity contribution is 0.293. The van der Waals surface area contributed by atoms with Crippen molar-refractivity contribution in [3.05, 3.63) is 0 Å². The molecule has 0 amide bonds. The summed E-state index contributed by atoms with van der Waals surface area (Å²) in [6, 6.07) is 0.850. The van der Waals surface area contributed by atoms with Crippen LogP contribution in [0.4, 0.5) is 0 Å². The van der Waals surface area contributed by atoms with Gasteiger partial charge in [0.1, 0.15) is 0 Å². The van der Waals surface area contributed by atoms with Gasteiger partial charge >= 0.3 is 0 Å². The van der Waals surface area contributed by atoms with Crippen molar-refractivity contribution in [3.63, 3.8) is 0 Å². The Morgan fingerprint density at radius 3 is 2.69 bits per heavy atom. The van der Waals surface area contributed by atoms with Gasteiger partial charge in [-0.1, -0.05) is 26.7 Å². The molecule has 16 heavy (non-hydrogen) atoms. The van der Waals surface area contributed by atoms with Gasteiger partial charge in [0, 0.05) is 6.04 Å². The molecule has 1 heterocycles. The van der Waals surface area contributed by atoms with Crippen LogP contribution in [0.3, 0.4) is 0 Å². The maximum Gasteiger partial charge on any atom is 0.0105 e. The largest absolute Gasteiger partial charge is 0.317 e. The Hall–Kier alpha value is -0.0800. The van der Waals surface area contributed by atoms with Crippen LogP contribution in [0.25, 0.3) is 0 Å². The van der Waals surface area contributed by atoms with E-state index in [2.05, 4.69) is 31.1 Å². The SMILES string of the molecule is CC(C)CCCCNCCC1CCCN1C. The van der Waals surface area contributed by atoms with Gasteiger partial charge in [-0.05, 0) is 58.3 Å². The molecule has 1 atom stereocenters. The van der Waals surface area contributed by atoms with Gasteiger partial charge in [-0.15, -0.1) is 0 Å². The molecule has 1 aliphatic heterocycles. The average molecular weight is 226 g/mol. The van der Waals surface area contributed by atoms with E-state index in [9.17, 15) is 0 Å². The molecular weight excluding hydrogens is 196 g/mol. The standard InChI is InChI=1S/C14H30N2/c1-13(2)7-4-5-10-15-11-9-14-8-6-12-16(14)3/h13-15H,4-12H2,1-3H3. The third-order valence-corrected chi connectivity index (χ3v) is 3.71. The van der Waals surface area contributed by atoms with E-state index in [-0.39, 0.29) is 0 Å². The van der Waals surface area contributed by atoms with Crippen LogP contribution in [-0.4, -0.2) is 37.6 Å². The summed E-state index contributed by atoms with van der Waals surface area (Å²) >= 11 is 0. The van der Waals surface area contributed by atoms with Crippen molar-refractivity contribution >= 4 is 0 Å². The first-order chi connectivity index (χ1) is 7.70. The second-order valence-corrected chi connectivity index (χ2v) is 5.70. The minimum atomic E-state index is 0.850. The Balaban J connectivity index is 1.84. The molecule has 1 rings (SSSR count). The van der Waals surface area contributed by atoms with Crippen molar-refractivity contribution < 1.29 is 0 Å². The van der Waals surface area contributed by atoms with Crippen LogP contribution in [0, 0.1) is 5.92 Å². The van der Waals surface area contributed by atoms with Gasteiger partial charge in [-0.25, -0.2) is 0 Å². The molecule has 0 aromatic carbocycles. The monoisotopic (exact) mass is 226 g/mol. The van der Waals surface area contributed by atoms with Crippen LogP contribution >= 0.6 is 0 Å². The lowest BCUT2D eigenvalue weighted by Gasteiger charge is -2.19. The van der Waals surface area contributed by atoms with Gasteiger partial charge in [-0.3, -0.25) is 0 Å². The molecule has 1 aliphatic rings. The van der Waals surface area contributed by atoms with E-state index in [1.54, 1.807) is 0 Å². The second kappa shape index (κ2) is 8.08. The second-order valence-electron chi connectivity index (χ2n) is 5.70. The number of nitrogens with zero attached hydrogens (tertiary/aromatic N) is 1. The molecule has 0 aliphatic carbocycles. The summed E-state index contributed by atoms with van der Waals surface area (Å²) < 4.78 is 0. The summed E-state index contributed by atoms with van der Waals surface area (Å²) in [5.74, 6) is 0.868. The van der Waals surface area contributed by atoms with Crippen LogP contribution in [0.2, 0.25) is 0 Å². The molecule has 0 bridgehead atoms. The molecule has 0 aromatic rings. The number of likely N-dealkylation sites (tertiary alicyclic amines) is 1. The Morgan fingerprint density at radius 2 is 2.06 bits per heavy atom. The van der Waals surface area contributed by atoms with Crippen molar-refractivity contribution in [1.29, 1.82) is 0 Å². The molecular formula is C14H30N2. The highest BCUT2D eigenvalue weighted by Gasteiger charge is 2.19. The third-order valence-electron chi connectivity index (χ3n) is 3.71. The van der Waals surface area contributed by atoms with Gasteiger partial charge in [0.15, 0.2) is 0 Å². The first kappa shape index (κ1) is 14.0. The molecule has 1 unspecified atom stereocenters. The molecule has 2 heteroatoms. The molecule has 0 aromatic heterocycles. The minimum absolute atomic E-state index is 0.850. The van der Waals surface area contributed by atoms with Gasteiger partial charge in [-0.2, -0.15) is 0 Å². The van der Waals surface area contributed by atoms with Crippen molar-refractivity contribution in [1.82, 2.24) is 10.2 Å². The zero-order valence-corrected chi connectivity index (χ0v) is 11.5. The smallest absolute Gasteiger partial charge is 0.0105 e. The van der Waals surface area contributed by atoms with Crippen LogP contribution < -0.4 is 5.32 Å². The first-order valence-electron chi connectivity index (χ1n) is 7.11. The summed E-state index contributed by atoms with van der Waals surface area (Å²) in [4.78, 5) is 2.51. The number of hydrogen-bond donors (Lipinski definition) is 1. The number of hydrogen-bond acceptors (Lipinski definition) is 2. The lowest BCUT2D eigenvalue weighted by Crippen LogP contribution is -2.29. The van der Waals surface area contributed by atoms with Gasteiger partial charge in [0.2, 0.25) is 0 Å². The van der Waals surface area contributed by atoms with Crippen molar-refractivity contribution in [2.24, 2.45) is 5.92 Å². The fourth-order valence-corrected chi connectivity index (χ4v) is 2.54. The molecule has 0 spiro atoms. The van der Waals surface area contributed by atoms with Crippen molar-refractivity contribution in [3.8, 4) is 0 Å². The van der Waals surface area contributed by atoms with Crippen LogP contribution in [0.1, 0.15) is 52.4 Å². The Bertz CT molecular complexity index is 168. The predicted molar refractivity (Wildman–Crippen MR) is 71.8 cm³/mol. The van der Waals surface area contributed by atoms with Gasteiger partial charge in [0.05, 0.1) is 0 Å². The van der Waals surface area contributed by atoms with Crippen LogP contribution in [0.5, 0.6) is 0 Å². The zero-order chi connectivity index (χ0) is 11.8. The maximum atomic E-state index is 3.58. The summed E-state index contributed by atoms with van der Waals surface area (Å²) in [5, 5.41) is 3.58. The minimum Gasteiger partial charge on any atom is -0.317 e. The summed E-state index contributed by atoms with van der Waals surface area (Å²) in [5.41, 5.74) is 0. The van der Waals surface area contributed by atoms with Crippen molar-refractivity contribution in [2.45, 2.75) is 58.4 Å². The van der Waals surface area contributed by atoms with E-state index < -0.39 is 0 Å². The Kier molecular flexibility index (Phi) is 7.06. The number of nitrogens with one attached hydrogen (secondary N) is 1. The van der Waals surface area contributed by atoms with Gasteiger partial charge < -0.3 is 10.2 Å². The summed E-state index contributed by atoms with van der Waals surface area (Å²) in [6.07, 6.45) is 8.25. The molecule has 1 saturated heterocycles. The van der Waals surface area contributed by atoms with Crippen molar-refractivity contribution in [2.75, 3.05) is 26.7 Å². The average Bonchev–Trinajstić information content (AvgIpc) is 2.62. The molecule has 1 fully saturated rings. The topological polar surface area (TPSA) is 15.3 Å². The summed E-state index contributed by atoms with van der Waals surface area (Å²) in [6.45, 7) is 8.34. The summed E-state index contributed by atoms with van der Waals surface area (Å²) in [7, 11) is 2.26. The fourth-order valence-electron chi connectivity index (χ4n) is 2.54. The van der Waals surface area contributed by atoms with E-state index >= 15 is 0 Å². The van der Waals surface area contributed by atoms with E-state index in [0.29, 0.717) is 0 Å². The maximum absolute atomic E-state index is 3.58. The number of unbranched alkanes of at least 4 members (excludes halogenated alkanes) is 1. The Labute approximate surface area is 102 Å².